The van der Waals surface area contributed by atoms with E-state index in [2.05, 4.69) is 15.6 Å². The van der Waals surface area contributed by atoms with Crippen LogP contribution in [0.2, 0.25) is 0 Å². The number of para-hydroxylation sites is 1. The van der Waals surface area contributed by atoms with Crippen LogP contribution in [-0.4, -0.2) is 42.8 Å². The summed E-state index contributed by atoms with van der Waals surface area (Å²) in [5.74, 6) is 0.982. The number of nitrogens with zero attached hydrogens (tertiary/aromatic N) is 2. The van der Waals surface area contributed by atoms with E-state index in [1.165, 1.54) is 25.1 Å². The Hall–Kier alpha value is -3.55. The van der Waals surface area contributed by atoms with E-state index in [-0.39, 0.29) is 11.5 Å². The Morgan fingerprint density at radius 3 is 2.52 bits per heavy atom. The smallest absolute Gasteiger partial charge is 0.261 e. The van der Waals surface area contributed by atoms with E-state index >= 15 is 0 Å². The van der Waals surface area contributed by atoms with Gasteiger partial charge in [-0.15, -0.1) is 0 Å². The molecule has 31 heavy (non-hydrogen) atoms. The van der Waals surface area contributed by atoms with Crippen LogP contribution in [0.3, 0.4) is 0 Å². The molecule has 1 heterocycles. The summed E-state index contributed by atoms with van der Waals surface area (Å²) >= 11 is 0. The average Bonchev–Trinajstić information content (AvgIpc) is 2.80. The number of carbonyl (C=O) groups is 1. The second-order valence-electron chi connectivity index (χ2n) is 7.07. The molecule has 1 amide bonds. The zero-order valence-corrected chi connectivity index (χ0v) is 17.9. The van der Waals surface area contributed by atoms with Gasteiger partial charge < -0.3 is 20.1 Å². The summed E-state index contributed by atoms with van der Waals surface area (Å²) in [6.07, 6.45) is 3.24. The molecule has 2 N–H and O–H groups in total. The topological polar surface area (TPSA) is 94.5 Å². The van der Waals surface area contributed by atoms with Crippen molar-refractivity contribution >= 4 is 22.5 Å². The van der Waals surface area contributed by atoms with E-state index in [4.69, 9.17) is 9.47 Å². The summed E-state index contributed by atoms with van der Waals surface area (Å²) in [7, 11) is 3.06. The minimum atomic E-state index is -0.168. The molecule has 3 rings (SSSR count). The van der Waals surface area contributed by atoms with E-state index < -0.39 is 0 Å². The standard InChI is InChI=1S/C23H28N4O4/c1-30-20-14-18-19(15-21(20)31-2)26-16-27(23(18)29)13-6-10-22(28)25-12-7-11-24-17-8-4-3-5-9-17/h3-5,8-9,14-16,24H,6-7,10-13H2,1-2H3,(H,25,28). The van der Waals surface area contributed by atoms with Gasteiger partial charge in [-0.05, 0) is 31.0 Å². The molecule has 8 heteroatoms. The first-order valence-electron chi connectivity index (χ1n) is 10.3. The number of fused-ring (bicyclic) bond motifs is 1. The van der Waals surface area contributed by atoms with Crippen molar-refractivity contribution in [2.45, 2.75) is 25.8 Å². The molecule has 0 aliphatic rings. The molecule has 8 nitrogen and oxygen atoms in total. The SMILES string of the molecule is COc1cc2ncn(CCCC(=O)NCCCNc3ccccc3)c(=O)c2cc1OC. The maximum absolute atomic E-state index is 12.8. The number of nitrogens with one attached hydrogen (secondary N) is 2. The van der Waals surface area contributed by atoms with Gasteiger partial charge >= 0.3 is 0 Å². The van der Waals surface area contributed by atoms with E-state index in [1.807, 2.05) is 30.3 Å². The van der Waals surface area contributed by atoms with Gasteiger partial charge in [0.2, 0.25) is 5.91 Å². The minimum Gasteiger partial charge on any atom is -0.493 e. The van der Waals surface area contributed by atoms with Gasteiger partial charge in [0.1, 0.15) is 0 Å². The Bertz CT molecular complexity index is 1070. The maximum atomic E-state index is 12.8. The number of rotatable bonds is 11. The Labute approximate surface area is 181 Å². The molecule has 0 fully saturated rings. The number of amides is 1. The molecule has 164 valence electrons. The molecule has 0 saturated heterocycles. The highest BCUT2D eigenvalue weighted by molar-refractivity contribution is 5.81. The number of anilines is 1. The minimum absolute atomic E-state index is 0.0204. The zero-order valence-electron chi connectivity index (χ0n) is 17.9. The number of benzene rings is 2. The lowest BCUT2D eigenvalue weighted by molar-refractivity contribution is -0.121. The monoisotopic (exact) mass is 424 g/mol. The van der Waals surface area contributed by atoms with Crippen molar-refractivity contribution in [3.8, 4) is 11.5 Å². The lowest BCUT2D eigenvalue weighted by Crippen LogP contribution is -2.26. The predicted octanol–water partition coefficient (Wildman–Crippen LogP) is 2.81. The first-order chi connectivity index (χ1) is 15.1. The molecular formula is C23H28N4O4. The number of aryl methyl sites for hydroxylation is 1. The normalized spacial score (nSPS) is 10.6. The fourth-order valence-electron chi connectivity index (χ4n) is 3.25. The first kappa shape index (κ1) is 22.1. The lowest BCUT2D eigenvalue weighted by Gasteiger charge is -2.11. The third-order valence-corrected chi connectivity index (χ3v) is 4.91. The van der Waals surface area contributed by atoms with Gasteiger partial charge in [-0.2, -0.15) is 0 Å². The number of ether oxygens (including phenoxy) is 2. The van der Waals surface area contributed by atoms with Crippen LogP contribution < -0.4 is 25.7 Å². The average molecular weight is 425 g/mol. The summed E-state index contributed by atoms with van der Waals surface area (Å²) < 4.78 is 12.0. The van der Waals surface area contributed by atoms with Crippen LogP contribution in [-0.2, 0) is 11.3 Å². The fourth-order valence-corrected chi connectivity index (χ4v) is 3.25. The molecule has 2 aromatic carbocycles. The van der Waals surface area contributed by atoms with Crippen LogP contribution in [0.25, 0.3) is 10.9 Å². The Balaban J connectivity index is 1.44. The summed E-state index contributed by atoms with van der Waals surface area (Å²) in [5, 5.41) is 6.68. The third kappa shape index (κ3) is 5.97. The molecule has 0 aliphatic heterocycles. The van der Waals surface area contributed by atoms with Crippen molar-refractivity contribution < 1.29 is 14.3 Å². The second-order valence-corrected chi connectivity index (χ2v) is 7.07. The summed E-state index contributed by atoms with van der Waals surface area (Å²) in [4.78, 5) is 29.1. The molecule has 0 unspecified atom stereocenters. The molecular weight excluding hydrogens is 396 g/mol. The predicted molar refractivity (Wildman–Crippen MR) is 121 cm³/mol. The first-order valence-corrected chi connectivity index (χ1v) is 10.3. The molecule has 3 aromatic rings. The maximum Gasteiger partial charge on any atom is 0.261 e. The highest BCUT2D eigenvalue weighted by Crippen LogP contribution is 2.29. The highest BCUT2D eigenvalue weighted by atomic mass is 16.5. The highest BCUT2D eigenvalue weighted by Gasteiger charge is 2.11. The van der Waals surface area contributed by atoms with E-state index in [9.17, 15) is 9.59 Å². The Morgan fingerprint density at radius 2 is 1.77 bits per heavy atom. The van der Waals surface area contributed by atoms with Gasteiger partial charge in [-0.3, -0.25) is 14.2 Å². The van der Waals surface area contributed by atoms with Crippen molar-refractivity contribution in [3.63, 3.8) is 0 Å². The number of hydrogen-bond acceptors (Lipinski definition) is 6. The van der Waals surface area contributed by atoms with Crippen LogP contribution in [0.5, 0.6) is 11.5 Å². The van der Waals surface area contributed by atoms with Gasteiger partial charge in [0.25, 0.3) is 5.56 Å². The number of carbonyl (C=O) groups excluding carboxylic acids is 1. The van der Waals surface area contributed by atoms with E-state index in [0.717, 1.165) is 18.7 Å². The Kier molecular flexibility index (Phi) is 7.86. The van der Waals surface area contributed by atoms with Crippen molar-refractivity contribution in [2.24, 2.45) is 0 Å². The molecule has 0 aliphatic carbocycles. The zero-order chi connectivity index (χ0) is 22.1. The molecule has 0 radical (unpaired) electrons. The molecule has 0 bridgehead atoms. The molecule has 0 atom stereocenters. The van der Waals surface area contributed by atoms with Gasteiger partial charge in [0, 0.05) is 37.8 Å². The number of methoxy groups -OCH3 is 2. The fraction of sp³-hybridized carbons (Fsp3) is 0.348. The second kappa shape index (κ2) is 11.0. The largest absolute Gasteiger partial charge is 0.493 e. The number of hydrogen-bond donors (Lipinski definition) is 2. The number of aromatic nitrogens is 2. The van der Waals surface area contributed by atoms with Gasteiger partial charge in [-0.25, -0.2) is 4.98 Å². The molecule has 0 saturated carbocycles. The quantitative estimate of drug-likeness (QED) is 0.460. The molecule has 1 aromatic heterocycles. The van der Waals surface area contributed by atoms with Crippen LogP contribution in [0.15, 0.2) is 53.6 Å². The Morgan fingerprint density at radius 1 is 1.03 bits per heavy atom. The van der Waals surface area contributed by atoms with Crippen molar-refractivity contribution in [1.82, 2.24) is 14.9 Å². The van der Waals surface area contributed by atoms with Crippen LogP contribution in [0.1, 0.15) is 19.3 Å². The summed E-state index contributed by atoms with van der Waals surface area (Å²) in [6.45, 7) is 1.81. The van der Waals surface area contributed by atoms with Crippen molar-refractivity contribution in [3.05, 3.63) is 59.1 Å². The van der Waals surface area contributed by atoms with Crippen molar-refractivity contribution in [1.29, 1.82) is 0 Å². The van der Waals surface area contributed by atoms with Gasteiger partial charge in [0.05, 0.1) is 31.4 Å². The summed E-state index contributed by atoms with van der Waals surface area (Å²) in [5.41, 5.74) is 1.44. The lowest BCUT2D eigenvalue weighted by atomic mass is 10.2. The third-order valence-electron chi connectivity index (χ3n) is 4.91. The van der Waals surface area contributed by atoms with E-state index in [1.54, 1.807) is 12.1 Å². The van der Waals surface area contributed by atoms with Crippen molar-refractivity contribution in [2.75, 3.05) is 32.6 Å². The van der Waals surface area contributed by atoms with Gasteiger partial charge in [0.15, 0.2) is 11.5 Å². The van der Waals surface area contributed by atoms with Gasteiger partial charge in [-0.1, -0.05) is 18.2 Å². The summed E-state index contributed by atoms with van der Waals surface area (Å²) in [6, 6.07) is 13.3. The van der Waals surface area contributed by atoms with Crippen LogP contribution >= 0.6 is 0 Å². The van der Waals surface area contributed by atoms with Crippen LogP contribution in [0, 0.1) is 0 Å². The van der Waals surface area contributed by atoms with Crippen LogP contribution in [0.4, 0.5) is 5.69 Å². The van der Waals surface area contributed by atoms with E-state index in [0.29, 0.717) is 48.3 Å². The molecule has 0 spiro atoms.